The summed E-state index contributed by atoms with van der Waals surface area (Å²) in [5, 5.41) is 3.44. The molecule has 2 rings (SSSR count). The van der Waals surface area contributed by atoms with Crippen molar-refractivity contribution in [3.8, 4) is 11.5 Å². The summed E-state index contributed by atoms with van der Waals surface area (Å²) in [6.07, 6.45) is 1.02. The molecule has 0 atom stereocenters. The van der Waals surface area contributed by atoms with Crippen molar-refractivity contribution in [2.24, 2.45) is 0 Å². The summed E-state index contributed by atoms with van der Waals surface area (Å²) < 4.78 is 10.5. The molecule has 4 nitrogen and oxygen atoms in total. The highest BCUT2D eigenvalue weighted by Gasteiger charge is 2.05. The standard InChI is InChI=1S/C15H20N2O2S/c1-11-15(20-10-17-11)6-7-16-9-12-4-5-13(18-2)14(8-12)19-3/h4-5,8,10,16H,6-7,9H2,1-3H3. The van der Waals surface area contributed by atoms with Crippen LogP contribution in [0.2, 0.25) is 0 Å². The molecule has 5 heteroatoms. The van der Waals surface area contributed by atoms with Gasteiger partial charge in [-0.3, -0.25) is 0 Å². The van der Waals surface area contributed by atoms with Gasteiger partial charge in [-0.2, -0.15) is 0 Å². The van der Waals surface area contributed by atoms with Crippen LogP contribution in [0.1, 0.15) is 16.1 Å². The highest BCUT2D eigenvalue weighted by Crippen LogP contribution is 2.27. The minimum atomic E-state index is 0.761. The van der Waals surface area contributed by atoms with Crippen LogP contribution in [-0.4, -0.2) is 25.7 Å². The van der Waals surface area contributed by atoms with Crippen molar-refractivity contribution in [1.82, 2.24) is 10.3 Å². The smallest absolute Gasteiger partial charge is 0.161 e. The van der Waals surface area contributed by atoms with Gasteiger partial charge in [0.25, 0.3) is 0 Å². The molecule has 0 aliphatic heterocycles. The summed E-state index contributed by atoms with van der Waals surface area (Å²) in [7, 11) is 3.30. The van der Waals surface area contributed by atoms with E-state index in [1.54, 1.807) is 25.6 Å². The number of aromatic nitrogens is 1. The third-order valence-electron chi connectivity index (χ3n) is 3.15. The maximum atomic E-state index is 5.30. The maximum Gasteiger partial charge on any atom is 0.161 e. The molecule has 0 bridgehead atoms. The first-order valence-corrected chi connectivity index (χ1v) is 7.43. The Morgan fingerprint density at radius 3 is 2.65 bits per heavy atom. The zero-order valence-corrected chi connectivity index (χ0v) is 12.9. The molecule has 1 heterocycles. The molecule has 108 valence electrons. The van der Waals surface area contributed by atoms with Crippen LogP contribution in [0.3, 0.4) is 0 Å². The molecule has 1 N–H and O–H groups in total. The predicted molar refractivity (Wildman–Crippen MR) is 81.8 cm³/mol. The third-order valence-corrected chi connectivity index (χ3v) is 4.15. The Hall–Kier alpha value is -1.59. The van der Waals surface area contributed by atoms with E-state index >= 15 is 0 Å². The molecule has 20 heavy (non-hydrogen) atoms. The van der Waals surface area contributed by atoms with Gasteiger partial charge in [-0.25, -0.2) is 4.98 Å². The van der Waals surface area contributed by atoms with E-state index in [9.17, 15) is 0 Å². The van der Waals surface area contributed by atoms with E-state index in [-0.39, 0.29) is 0 Å². The van der Waals surface area contributed by atoms with Gasteiger partial charge in [-0.1, -0.05) is 6.07 Å². The fraction of sp³-hybridized carbons (Fsp3) is 0.400. The summed E-state index contributed by atoms with van der Waals surface area (Å²) in [6.45, 7) is 3.82. The Morgan fingerprint density at radius 2 is 2.00 bits per heavy atom. The number of nitrogens with one attached hydrogen (secondary N) is 1. The number of hydrogen-bond acceptors (Lipinski definition) is 5. The minimum Gasteiger partial charge on any atom is -0.493 e. The van der Waals surface area contributed by atoms with Crippen LogP contribution in [0.15, 0.2) is 23.7 Å². The number of thiazole rings is 1. The Morgan fingerprint density at radius 1 is 1.20 bits per heavy atom. The predicted octanol–water partition coefficient (Wildman–Crippen LogP) is 2.80. The number of benzene rings is 1. The largest absolute Gasteiger partial charge is 0.493 e. The average Bonchev–Trinajstić information content (AvgIpc) is 2.88. The van der Waals surface area contributed by atoms with Crippen molar-refractivity contribution < 1.29 is 9.47 Å². The van der Waals surface area contributed by atoms with E-state index in [2.05, 4.69) is 17.2 Å². The topological polar surface area (TPSA) is 43.4 Å². The lowest BCUT2D eigenvalue weighted by Crippen LogP contribution is -2.16. The Bertz CT molecular complexity index is 555. The first-order chi connectivity index (χ1) is 9.74. The molecular weight excluding hydrogens is 272 g/mol. The molecule has 0 radical (unpaired) electrons. The quantitative estimate of drug-likeness (QED) is 0.797. The van der Waals surface area contributed by atoms with Crippen molar-refractivity contribution in [2.45, 2.75) is 19.9 Å². The maximum absolute atomic E-state index is 5.30. The molecule has 2 aromatic rings. The number of hydrogen-bond donors (Lipinski definition) is 1. The normalized spacial score (nSPS) is 10.6. The van der Waals surface area contributed by atoms with Crippen LogP contribution in [0.25, 0.3) is 0 Å². The van der Waals surface area contributed by atoms with Gasteiger partial charge in [0.1, 0.15) is 0 Å². The summed E-state index contributed by atoms with van der Waals surface area (Å²) >= 11 is 1.72. The van der Waals surface area contributed by atoms with Gasteiger partial charge in [-0.15, -0.1) is 11.3 Å². The third kappa shape index (κ3) is 3.71. The molecule has 0 saturated heterocycles. The molecule has 0 saturated carbocycles. The summed E-state index contributed by atoms with van der Waals surface area (Å²) in [5.41, 5.74) is 4.23. The fourth-order valence-corrected chi connectivity index (χ4v) is 2.77. The zero-order chi connectivity index (χ0) is 14.4. The second-order valence-corrected chi connectivity index (χ2v) is 5.42. The van der Waals surface area contributed by atoms with E-state index in [0.29, 0.717) is 0 Å². The second kappa shape index (κ2) is 7.26. The summed E-state index contributed by atoms with van der Waals surface area (Å²) in [4.78, 5) is 5.61. The van der Waals surface area contributed by atoms with Crippen LogP contribution in [0, 0.1) is 6.92 Å². The lowest BCUT2D eigenvalue weighted by atomic mass is 10.2. The van der Waals surface area contributed by atoms with Crippen molar-refractivity contribution >= 4 is 11.3 Å². The van der Waals surface area contributed by atoms with Crippen LogP contribution in [-0.2, 0) is 13.0 Å². The van der Waals surface area contributed by atoms with Crippen molar-refractivity contribution in [3.05, 3.63) is 39.8 Å². The number of ether oxygens (including phenoxy) is 2. The van der Waals surface area contributed by atoms with Gasteiger partial charge in [0.2, 0.25) is 0 Å². The Labute approximate surface area is 123 Å². The van der Waals surface area contributed by atoms with Gasteiger partial charge >= 0.3 is 0 Å². The molecule has 0 spiro atoms. The Balaban J connectivity index is 1.83. The van der Waals surface area contributed by atoms with Gasteiger partial charge in [-0.05, 0) is 31.0 Å². The molecule has 0 fully saturated rings. The van der Waals surface area contributed by atoms with Crippen LogP contribution in [0.4, 0.5) is 0 Å². The summed E-state index contributed by atoms with van der Waals surface area (Å²) in [5.74, 6) is 1.53. The fourth-order valence-electron chi connectivity index (χ4n) is 1.99. The van der Waals surface area contributed by atoms with Crippen LogP contribution < -0.4 is 14.8 Å². The molecule has 0 unspecified atom stereocenters. The molecular formula is C15H20N2O2S. The van der Waals surface area contributed by atoms with Gasteiger partial charge in [0.05, 0.1) is 25.4 Å². The number of nitrogens with zero attached hydrogens (tertiary/aromatic N) is 1. The van der Waals surface area contributed by atoms with Crippen molar-refractivity contribution in [3.63, 3.8) is 0 Å². The Kier molecular flexibility index (Phi) is 5.38. The van der Waals surface area contributed by atoms with Crippen molar-refractivity contribution in [1.29, 1.82) is 0 Å². The molecule has 0 aliphatic carbocycles. The lowest BCUT2D eigenvalue weighted by molar-refractivity contribution is 0.354. The lowest BCUT2D eigenvalue weighted by Gasteiger charge is -2.10. The zero-order valence-electron chi connectivity index (χ0n) is 12.1. The number of methoxy groups -OCH3 is 2. The average molecular weight is 292 g/mol. The van der Waals surface area contributed by atoms with Gasteiger partial charge in [0, 0.05) is 18.0 Å². The number of aryl methyl sites for hydroxylation is 1. The van der Waals surface area contributed by atoms with Crippen LogP contribution in [0.5, 0.6) is 11.5 Å². The van der Waals surface area contributed by atoms with E-state index in [1.807, 2.05) is 23.7 Å². The molecule has 1 aromatic carbocycles. The SMILES string of the molecule is COc1ccc(CNCCc2scnc2C)cc1OC. The summed E-state index contributed by atoms with van der Waals surface area (Å²) in [6, 6.07) is 5.99. The monoisotopic (exact) mass is 292 g/mol. The first-order valence-electron chi connectivity index (χ1n) is 6.55. The van der Waals surface area contributed by atoms with E-state index in [1.165, 1.54) is 10.4 Å². The first kappa shape index (κ1) is 14.8. The minimum absolute atomic E-state index is 0.761. The van der Waals surface area contributed by atoms with E-state index in [0.717, 1.165) is 36.7 Å². The molecule has 1 aromatic heterocycles. The van der Waals surface area contributed by atoms with Gasteiger partial charge in [0.15, 0.2) is 11.5 Å². The van der Waals surface area contributed by atoms with Crippen LogP contribution >= 0.6 is 11.3 Å². The molecule has 0 amide bonds. The number of rotatable bonds is 7. The van der Waals surface area contributed by atoms with E-state index in [4.69, 9.17) is 9.47 Å². The van der Waals surface area contributed by atoms with Gasteiger partial charge < -0.3 is 14.8 Å². The molecule has 0 aliphatic rings. The second-order valence-electron chi connectivity index (χ2n) is 4.48. The highest BCUT2D eigenvalue weighted by atomic mass is 32.1. The van der Waals surface area contributed by atoms with Crippen molar-refractivity contribution in [2.75, 3.05) is 20.8 Å². The highest BCUT2D eigenvalue weighted by molar-refractivity contribution is 7.09. The van der Waals surface area contributed by atoms with E-state index < -0.39 is 0 Å².